The van der Waals surface area contributed by atoms with Crippen molar-refractivity contribution in [2.24, 2.45) is 5.92 Å². The van der Waals surface area contributed by atoms with E-state index in [2.05, 4.69) is 23.4 Å². The maximum atomic E-state index is 5.06. The van der Waals surface area contributed by atoms with Crippen molar-refractivity contribution in [1.29, 1.82) is 0 Å². The highest BCUT2D eigenvalue weighted by molar-refractivity contribution is 7.71. The normalized spacial score (nSPS) is 13.3. The Kier molecular flexibility index (Phi) is 2.88. The number of aromatic amines is 1. The number of rotatable bonds is 3. The van der Waals surface area contributed by atoms with Crippen molar-refractivity contribution in [3.8, 4) is 0 Å². The van der Waals surface area contributed by atoms with Crippen LogP contribution in [0.3, 0.4) is 0 Å². The molecule has 0 aromatic carbocycles. The monoisotopic (exact) mass is 170 g/mol. The Labute approximate surface area is 72.3 Å². The van der Waals surface area contributed by atoms with Crippen LogP contribution in [0.15, 0.2) is 12.4 Å². The molecule has 0 saturated heterocycles. The Balaban J connectivity index is 2.64. The van der Waals surface area contributed by atoms with Crippen molar-refractivity contribution in [3.63, 3.8) is 0 Å². The molecule has 1 aromatic rings. The van der Waals surface area contributed by atoms with Crippen LogP contribution in [0, 0.1) is 10.7 Å². The molecule has 1 rings (SSSR count). The molecule has 1 N–H and O–H groups in total. The van der Waals surface area contributed by atoms with Gasteiger partial charge in [-0.25, -0.2) is 0 Å². The SMILES string of the molecule is CCC(C)Cn1cc[nH]c1=S. The third-order valence-corrected chi connectivity index (χ3v) is 2.28. The largest absolute Gasteiger partial charge is 0.337 e. The fraction of sp³-hybridized carbons (Fsp3) is 0.625. The van der Waals surface area contributed by atoms with Crippen LogP contribution in [0.25, 0.3) is 0 Å². The van der Waals surface area contributed by atoms with E-state index >= 15 is 0 Å². The van der Waals surface area contributed by atoms with Gasteiger partial charge in [0.05, 0.1) is 0 Å². The second-order valence-electron chi connectivity index (χ2n) is 2.93. The highest BCUT2D eigenvalue weighted by Gasteiger charge is 1.99. The zero-order valence-electron chi connectivity index (χ0n) is 7.00. The van der Waals surface area contributed by atoms with Crippen LogP contribution in [-0.2, 0) is 6.54 Å². The second kappa shape index (κ2) is 3.72. The van der Waals surface area contributed by atoms with Crippen molar-refractivity contribution < 1.29 is 0 Å². The first-order valence-electron chi connectivity index (χ1n) is 3.98. The fourth-order valence-corrected chi connectivity index (χ4v) is 1.16. The van der Waals surface area contributed by atoms with E-state index in [-0.39, 0.29) is 0 Å². The Morgan fingerprint density at radius 3 is 2.91 bits per heavy atom. The van der Waals surface area contributed by atoms with Crippen LogP contribution >= 0.6 is 12.2 Å². The lowest BCUT2D eigenvalue weighted by Crippen LogP contribution is -2.05. The van der Waals surface area contributed by atoms with Gasteiger partial charge in [-0.05, 0) is 18.1 Å². The molecule has 0 aliphatic carbocycles. The van der Waals surface area contributed by atoms with E-state index in [0.717, 1.165) is 11.3 Å². The standard InChI is InChI=1S/C8H14N2S/c1-3-7(2)6-10-5-4-9-8(10)11/h4-5,7H,3,6H2,1-2H3,(H,9,11). The van der Waals surface area contributed by atoms with Crippen molar-refractivity contribution in [1.82, 2.24) is 9.55 Å². The Morgan fingerprint density at radius 1 is 1.73 bits per heavy atom. The minimum Gasteiger partial charge on any atom is -0.337 e. The molecule has 0 fully saturated rings. The maximum absolute atomic E-state index is 5.06. The summed E-state index contributed by atoms with van der Waals surface area (Å²) in [5, 5.41) is 0. The van der Waals surface area contributed by atoms with E-state index in [9.17, 15) is 0 Å². The van der Waals surface area contributed by atoms with Crippen molar-refractivity contribution in [2.45, 2.75) is 26.8 Å². The number of H-pyrrole nitrogens is 1. The molecular weight excluding hydrogens is 156 g/mol. The molecule has 2 nitrogen and oxygen atoms in total. The molecule has 0 radical (unpaired) electrons. The van der Waals surface area contributed by atoms with Gasteiger partial charge in [-0.3, -0.25) is 0 Å². The predicted octanol–water partition coefficient (Wildman–Crippen LogP) is 2.59. The van der Waals surface area contributed by atoms with Crippen LogP contribution < -0.4 is 0 Å². The number of aromatic nitrogens is 2. The molecular formula is C8H14N2S. The van der Waals surface area contributed by atoms with Gasteiger partial charge in [0.25, 0.3) is 0 Å². The lowest BCUT2D eigenvalue weighted by atomic mass is 10.1. The summed E-state index contributed by atoms with van der Waals surface area (Å²) in [4.78, 5) is 2.98. The van der Waals surface area contributed by atoms with Gasteiger partial charge in [-0.1, -0.05) is 20.3 Å². The summed E-state index contributed by atoms with van der Waals surface area (Å²) in [6.07, 6.45) is 5.08. The summed E-state index contributed by atoms with van der Waals surface area (Å²) in [6, 6.07) is 0. The van der Waals surface area contributed by atoms with Gasteiger partial charge in [0.15, 0.2) is 4.77 Å². The smallest absolute Gasteiger partial charge is 0.177 e. The molecule has 3 heteroatoms. The highest BCUT2D eigenvalue weighted by atomic mass is 32.1. The van der Waals surface area contributed by atoms with E-state index in [1.165, 1.54) is 6.42 Å². The number of hydrogen-bond donors (Lipinski definition) is 1. The number of imidazole rings is 1. The lowest BCUT2D eigenvalue weighted by molar-refractivity contribution is 0.465. The van der Waals surface area contributed by atoms with Gasteiger partial charge < -0.3 is 9.55 Å². The zero-order valence-corrected chi connectivity index (χ0v) is 7.82. The molecule has 0 aliphatic heterocycles. The van der Waals surface area contributed by atoms with Crippen molar-refractivity contribution in [3.05, 3.63) is 17.2 Å². The van der Waals surface area contributed by atoms with Gasteiger partial charge >= 0.3 is 0 Å². The average molecular weight is 170 g/mol. The molecule has 0 spiro atoms. The summed E-state index contributed by atoms with van der Waals surface area (Å²) >= 11 is 5.06. The van der Waals surface area contributed by atoms with E-state index < -0.39 is 0 Å². The van der Waals surface area contributed by atoms with E-state index in [1.807, 2.05) is 12.4 Å². The van der Waals surface area contributed by atoms with Crippen LogP contribution in [-0.4, -0.2) is 9.55 Å². The van der Waals surface area contributed by atoms with E-state index in [4.69, 9.17) is 12.2 Å². The van der Waals surface area contributed by atoms with Gasteiger partial charge in [-0.15, -0.1) is 0 Å². The molecule has 0 aliphatic rings. The molecule has 0 saturated carbocycles. The van der Waals surface area contributed by atoms with Crippen LogP contribution in [0.2, 0.25) is 0 Å². The Morgan fingerprint density at radius 2 is 2.45 bits per heavy atom. The van der Waals surface area contributed by atoms with E-state index in [0.29, 0.717) is 5.92 Å². The number of nitrogens with one attached hydrogen (secondary N) is 1. The molecule has 1 heterocycles. The molecule has 1 atom stereocenters. The zero-order chi connectivity index (χ0) is 8.27. The van der Waals surface area contributed by atoms with E-state index in [1.54, 1.807) is 0 Å². The van der Waals surface area contributed by atoms with Gasteiger partial charge in [0.1, 0.15) is 0 Å². The minimum atomic E-state index is 0.706. The number of hydrogen-bond acceptors (Lipinski definition) is 1. The van der Waals surface area contributed by atoms with Gasteiger partial charge in [0.2, 0.25) is 0 Å². The quantitative estimate of drug-likeness (QED) is 0.691. The van der Waals surface area contributed by atoms with Gasteiger partial charge in [0, 0.05) is 18.9 Å². The van der Waals surface area contributed by atoms with Gasteiger partial charge in [-0.2, -0.15) is 0 Å². The summed E-state index contributed by atoms with van der Waals surface area (Å²) < 4.78 is 2.90. The summed E-state index contributed by atoms with van der Waals surface area (Å²) in [5.41, 5.74) is 0. The summed E-state index contributed by atoms with van der Waals surface area (Å²) in [6.45, 7) is 5.45. The molecule has 11 heavy (non-hydrogen) atoms. The minimum absolute atomic E-state index is 0.706. The summed E-state index contributed by atoms with van der Waals surface area (Å²) in [5.74, 6) is 0.706. The lowest BCUT2D eigenvalue weighted by Gasteiger charge is -2.07. The third-order valence-electron chi connectivity index (χ3n) is 1.93. The molecule has 1 unspecified atom stereocenters. The fourth-order valence-electron chi connectivity index (χ4n) is 0.958. The topological polar surface area (TPSA) is 20.7 Å². The second-order valence-corrected chi connectivity index (χ2v) is 3.32. The maximum Gasteiger partial charge on any atom is 0.177 e. The molecule has 0 bridgehead atoms. The predicted molar refractivity (Wildman–Crippen MR) is 49.1 cm³/mol. The van der Waals surface area contributed by atoms with Crippen LogP contribution in [0.1, 0.15) is 20.3 Å². The van der Waals surface area contributed by atoms with Crippen molar-refractivity contribution >= 4 is 12.2 Å². The first-order chi connectivity index (χ1) is 5.24. The molecule has 1 aromatic heterocycles. The first kappa shape index (κ1) is 8.53. The Bertz CT molecular complexity index is 261. The molecule has 62 valence electrons. The van der Waals surface area contributed by atoms with Crippen LogP contribution in [0.5, 0.6) is 0 Å². The average Bonchev–Trinajstić information content (AvgIpc) is 2.37. The van der Waals surface area contributed by atoms with Crippen molar-refractivity contribution in [2.75, 3.05) is 0 Å². The van der Waals surface area contributed by atoms with Crippen LogP contribution in [0.4, 0.5) is 0 Å². The highest BCUT2D eigenvalue weighted by Crippen LogP contribution is 2.04. The number of nitrogens with zero attached hydrogens (tertiary/aromatic N) is 1. The molecule has 0 amide bonds. The third kappa shape index (κ3) is 2.19. The first-order valence-corrected chi connectivity index (χ1v) is 4.38. The Hall–Kier alpha value is -0.570. The summed E-state index contributed by atoms with van der Waals surface area (Å²) in [7, 11) is 0.